The summed E-state index contributed by atoms with van der Waals surface area (Å²) in [7, 11) is 0. The summed E-state index contributed by atoms with van der Waals surface area (Å²) in [4.78, 5) is 9.83. The lowest BCUT2D eigenvalue weighted by molar-refractivity contribution is -0.402. The summed E-state index contributed by atoms with van der Waals surface area (Å²) in [5, 5.41) is 13.5. The van der Waals surface area contributed by atoms with Gasteiger partial charge >= 0.3 is 5.88 Å². The summed E-state index contributed by atoms with van der Waals surface area (Å²) in [6.07, 6.45) is 2.30. The molecule has 1 rings (SSSR count). The Labute approximate surface area is 95.0 Å². The van der Waals surface area contributed by atoms with Gasteiger partial charge in [-0.2, -0.15) is 0 Å². The molecule has 0 amide bonds. The zero-order valence-corrected chi connectivity index (χ0v) is 9.73. The molecule has 0 atom stereocenters. The highest BCUT2D eigenvalue weighted by atomic mass is 16.6. The Morgan fingerprint density at radius 3 is 2.81 bits per heavy atom. The fourth-order valence-electron chi connectivity index (χ4n) is 1.41. The predicted octanol–water partition coefficient (Wildman–Crippen LogP) is 2.71. The summed E-state index contributed by atoms with van der Waals surface area (Å²) >= 11 is 0. The van der Waals surface area contributed by atoms with Crippen molar-refractivity contribution in [3.8, 4) is 0 Å². The van der Waals surface area contributed by atoms with Crippen molar-refractivity contribution in [1.29, 1.82) is 0 Å². The molecular formula is C11H18N2O3. The van der Waals surface area contributed by atoms with E-state index in [1.807, 2.05) is 0 Å². The van der Waals surface area contributed by atoms with Crippen molar-refractivity contribution in [3.63, 3.8) is 0 Å². The van der Waals surface area contributed by atoms with Crippen LogP contribution >= 0.6 is 0 Å². The molecule has 0 aliphatic heterocycles. The van der Waals surface area contributed by atoms with Crippen molar-refractivity contribution in [1.82, 2.24) is 5.32 Å². The predicted molar refractivity (Wildman–Crippen MR) is 61.1 cm³/mol. The van der Waals surface area contributed by atoms with Crippen molar-refractivity contribution in [2.24, 2.45) is 5.92 Å². The number of nitro groups is 1. The highest BCUT2D eigenvalue weighted by Crippen LogP contribution is 2.15. The summed E-state index contributed by atoms with van der Waals surface area (Å²) in [6.45, 7) is 5.84. The molecule has 1 heterocycles. The molecule has 1 aromatic rings. The van der Waals surface area contributed by atoms with E-state index >= 15 is 0 Å². The Hall–Kier alpha value is -1.36. The Balaban J connectivity index is 2.19. The van der Waals surface area contributed by atoms with Gasteiger partial charge in [0.2, 0.25) is 0 Å². The van der Waals surface area contributed by atoms with Gasteiger partial charge in [0.15, 0.2) is 0 Å². The summed E-state index contributed by atoms with van der Waals surface area (Å²) < 4.78 is 5.01. The molecule has 0 bridgehead atoms. The number of nitrogens with zero attached hydrogens (tertiary/aromatic N) is 1. The average molecular weight is 226 g/mol. The third-order valence-corrected chi connectivity index (χ3v) is 2.26. The van der Waals surface area contributed by atoms with Gasteiger partial charge in [0.05, 0.1) is 12.6 Å². The van der Waals surface area contributed by atoms with E-state index in [1.54, 1.807) is 6.07 Å². The van der Waals surface area contributed by atoms with Crippen molar-refractivity contribution in [3.05, 3.63) is 28.0 Å². The first-order valence-electron chi connectivity index (χ1n) is 5.53. The molecule has 0 spiro atoms. The number of nitrogens with one attached hydrogen (secondary N) is 1. The molecule has 0 saturated heterocycles. The van der Waals surface area contributed by atoms with Crippen LogP contribution in [0, 0.1) is 16.0 Å². The van der Waals surface area contributed by atoms with Crippen LogP contribution in [0.25, 0.3) is 0 Å². The SMILES string of the molecule is CC(C)CCCNCc1ccc([N+](=O)[O-])o1. The van der Waals surface area contributed by atoms with E-state index in [1.165, 1.54) is 12.5 Å². The van der Waals surface area contributed by atoms with Gasteiger partial charge in [0.1, 0.15) is 10.7 Å². The molecular weight excluding hydrogens is 208 g/mol. The van der Waals surface area contributed by atoms with Crippen LogP contribution in [0.15, 0.2) is 16.5 Å². The molecule has 0 saturated carbocycles. The monoisotopic (exact) mass is 226 g/mol. The van der Waals surface area contributed by atoms with Gasteiger partial charge in [-0.25, -0.2) is 0 Å². The number of hydrogen-bond acceptors (Lipinski definition) is 4. The van der Waals surface area contributed by atoms with Crippen LogP contribution in [0.1, 0.15) is 32.4 Å². The summed E-state index contributed by atoms with van der Waals surface area (Å²) in [5.74, 6) is 1.13. The minimum Gasteiger partial charge on any atom is -0.404 e. The number of furan rings is 1. The standard InChI is InChI=1S/C11H18N2O3/c1-9(2)4-3-7-12-8-10-5-6-11(16-10)13(14)15/h5-6,9,12H,3-4,7-8H2,1-2H3. The molecule has 90 valence electrons. The highest BCUT2D eigenvalue weighted by molar-refractivity contribution is 5.17. The molecule has 0 fully saturated rings. The van der Waals surface area contributed by atoms with Gasteiger partial charge in [-0.15, -0.1) is 0 Å². The summed E-state index contributed by atoms with van der Waals surface area (Å²) in [5.41, 5.74) is 0. The first-order valence-corrected chi connectivity index (χ1v) is 5.53. The number of hydrogen-bond donors (Lipinski definition) is 1. The molecule has 0 aliphatic rings. The van der Waals surface area contributed by atoms with Gasteiger partial charge in [0.25, 0.3) is 0 Å². The van der Waals surface area contributed by atoms with Crippen LogP contribution in [0.3, 0.4) is 0 Å². The van der Waals surface area contributed by atoms with Gasteiger partial charge in [0, 0.05) is 0 Å². The zero-order chi connectivity index (χ0) is 12.0. The van der Waals surface area contributed by atoms with E-state index in [0.717, 1.165) is 13.0 Å². The van der Waals surface area contributed by atoms with Crippen LogP contribution in [0.4, 0.5) is 5.88 Å². The average Bonchev–Trinajstić information content (AvgIpc) is 2.65. The van der Waals surface area contributed by atoms with Crippen molar-refractivity contribution in [2.45, 2.75) is 33.2 Å². The lowest BCUT2D eigenvalue weighted by Gasteiger charge is -2.04. The second-order valence-electron chi connectivity index (χ2n) is 4.21. The van der Waals surface area contributed by atoms with E-state index < -0.39 is 4.92 Å². The molecule has 16 heavy (non-hydrogen) atoms. The van der Waals surface area contributed by atoms with Crippen LogP contribution in [0.5, 0.6) is 0 Å². The molecule has 1 N–H and O–H groups in total. The molecule has 5 nitrogen and oxygen atoms in total. The van der Waals surface area contributed by atoms with Gasteiger partial charge in [-0.1, -0.05) is 13.8 Å². The maximum Gasteiger partial charge on any atom is 0.433 e. The number of rotatable bonds is 7. The first-order chi connectivity index (χ1) is 7.59. The first kappa shape index (κ1) is 12.7. The second-order valence-corrected chi connectivity index (χ2v) is 4.21. The Morgan fingerprint density at radius 1 is 1.50 bits per heavy atom. The van der Waals surface area contributed by atoms with E-state index in [-0.39, 0.29) is 5.88 Å². The zero-order valence-electron chi connectivity index (χ0n) is 9.73. The maximum absolute atomic E-state index is 10.4. The van der Waals surface area contributed by atoms with E-state index in [4.69, 9.17) is 4.42 Å². The largest absolute Gasteiger partial charge is 0.433 e. The van der Waals surface area contributed by atoms with E-state index in [9.17, 15) is 10.1 Å². The van der Waals surface area contributed by atoms with Gasteiger partial charge in [-0.05, 0) is 31.4 Å². The third-order valence-electron chi connectivity index (χ3n) is 2.26. The van der Waals surface area contributed by atoms with Gasteiger partial charge < -0.3 is 9.73 Å². The van der Waals surface area contributed by atoms with Crippen molar-refractivity contribution in [2.75, 3.05) is 6.54 Å². The molecule has 0 radical (unpaired) electrons. The molecule has 0 unspecified atom stereocenters. The van der Waals surface area contributed by atoms with Crippen LogP contribution in [0.2, 0.25) is 0 Å². The van der Waals surface area contributed by atoms with Gasteiger partial charge in [-0.3, -0.25) is 10.1 Å². The Bertz CT molecular complexity index is 334. The second kappa shape index (κ2) is 6.27. The third kappa shape index (κ3) is 4.44. The smallest absolute Gasteiger partial charge is 0.404 e. The summed E-state index contributed by atoms with van der Waals surface area (Å²) in [6, 6.07) is 3.01. The van der Waals surface area contributed by atoms with Crippen LogP contribution in [-0.2, 0) is 6.54 Å². The minimum atomic E-state index is -0.526. The maximum atomic E-state index is 10.4. The minimum absolute atomic E-state index is 0.195. The normalized spacial score (nSPS) is 10.9. The van der Waals surface area contributed by atoms with Crippen molar-refractivity contribution >= 4 is 5.88 Å². The lowest BCUT2D eigenvalue weighted by Crippen LogP contribution is -2.14. The molecule has 0 aromatic carbocycles. The molecule has 5 heteroatoms. The Morgan fingerprint density at radius 2 is 2.25 bits per heavy atom. The molecule has 0 aliphatic carbocycles. The van der Waals surface area contributed by atoms with E-state index in [2.05, 4.69) is 19.2 Å². The fourth-order valence-corrected chi connectivity index (χ4v) is 1.41. The van der Waals surface area contributed by atoms with Crippen LogP contribution in [-0.4, -0.2) is 11.5 Å². The lowest BCUT2D eigenvalue weighted by atomic mass is 10.1. The van der Waals surface area contributed by atoms with E-state index in [0.29, 0.717) is 18.2 Å². The molecule has 1 aromatic heterocycles. The van der Waals surface area contributed by atoms with Crippen LogP contribution < -0.4 is 5.32 Å². The Kier molecular flexibility index (Phi) is 4.98. The van der Waals surface area contributed by atoms with Crippen molar-refractivity contribution < 1.29 is 9.34 Å². The quantitative estimate of drug-likeness (QED) is 0.441. The highest BCUT2D eigenvalue weighted by Gasteiger charge is 2.10. The topological polar surface area (TPSA) is 68.3 Å². The fraction of sp³-hybridized carbons (Fsp3) is 0.636.